The second-order valence-corrected chi connectivity index (χ2v) is 8.53. The Morgan fingerprint density at radius 3 is 1.88 bits per heavy atom. The van der Waals surface area contributed by atoms with Gasteiger partial charge in [-0.05, 0) is 54.2 Å². The van der Waals surface area contributed by atoms with Gasteiger partial charge in [-0.3, -0.25) is 0 Å². The Morgan fingerprint density at radius 1 is 0.688 bits per heavy atom. The molecule has 0 fully saturated rings. The van der Waals surface area contributed by atoms with Gasteiger partial charge < -0.3 is 14.4 Å². The SMILES string of the molecule is CCCCCCCCOc1ccc(-c2ccc(OOC(CC)OCC(C)CC)cc2)cc1. The maximum Gasteiger partial charge on any atom is 0.202 e. The summed E-state index contributed by atoms with van der Waals surface area (Å²) in [6.07, 6.45) is 9.13. The average Bonchev–Trinajstić information content (AvgIpc) is 2.84. The second-order valence-electron chi connectivity index (χ2n) is 8.53. The number of hydrogen-bond acceptors (Lipinski definition) is 4. The van der Waals surface area contributed by atoms with E-state index in [-0.39, 0.29) is 6.29 Å². The number of hydrogen-bond donors (Lipinski definition) is 0. The lowest BCUT2D eigenvalue weighted by molar-refractivity contribution is -0.321. The maximum absolute atomic E-state index is 5.88. The molecule has 2 atom stereocenters. The van der Waals surface area contributed by atoms with Crippen molar-refractivity contribution in [1.82, 2.24) is 0 Å². The van der Waals surface area contributed by atoms with Crippen LogP contribution in [0.3, 0.4) is 0 Å². The Kier molecular flexibility index (Phi) is 12.9. The summed E-state index contributed by atoms with van der Waals surface area (Å²) in [4.78, 5) is 10.9. The molecule has 2 aromatic carbocycles. The van der Waals surface area contributed by atoms with Crippen LogP contribution in [-0.4, -0.2) is 19.5 Å². The van der Waals surface area contributed by atoms with E-state index in [1.54, 1.807) is 0 Å². The quantitative estimate of drug-likeness (QED) is 0.107. The van der Waals surface area contributed by atoms with E-state index < -0.39 is 0 Å². The molecule has 4 nitrogen and oxygen atoms in total. The molecule has 0 aliphatic carbocycles. The standard InChI is InChI=1S/C28H42O4/c1-5-8-9-10-11-12-21-29-26-17-13-24(14-18-26)25-15-19-27(20-16-25)31-32-28(7-3)30-22-23(4)6-2/h13-20,23,28H,5-12,21-22H2,1-4H3. The molecule has 0 aliphatic heterocycles. The van der Waals surface area contributed by atoms with Gasteiger partial charge in [-0.2, -0.15) is 4.89 Å². The van der Waals surface area contributed by atoms with E-state index in [9.17, 15) is 0 Å². The van der Waals surface area contributed by atoms with Crippen molar-refractivity contribution in [2.24, 2.45) is 5.92 Å². The lowest BCUT2D eigenvalue weighted by atomic mass is 10.1. The third-order valence-electron chi connectivity index (χ3n) is 5.66. The minimum atomic E-state index is -0.354. The largest absolute Gasteiger partial charge is 0.494 e. The summed E-state index contributed by atoms with van der Waals surface area (Å²) in [6, 6.07) is 16.2. The van der Waals surface area contributed by atoms with Gasteiger partial charge >= 0.3 is 0 Å². The minimum Gasteiger partial charge on any atom is -0.494 e. The van der Waals surface area contributed by atoms with Crippen LogP contribution >= 0.6 is 0 Å². The average molecular weight is 443 g/mol. The number of unbranched alkanes of at least 4 members (excludes halogenated alkanes) is 5. The van der Waals surface area contributed by atoms with Gasteiger partial charge in [-0.15, -0.1) is 0 Å². The topological polar surface area (TPSA) is 36.9 Å². The summed E-state index contributed by atoms with van der Waals surface area (Å²) in [5, 5.41) is 0. The molecule has 4 heteroatoms. The second kappa shape index (κ2) is 15.7. The molecular formula is C28H42O4. The molecule has 0 aliphatic rings. The molecule has 178 valence electrons. The monoisotopic (exact) mass is 442 g/mol. The van der Waals surface area contributed by atoms with Crippen LogP contribution in [0.25, 0.3) is 11.1 Å². The first-order chi connectivity index (χ1) is 15.7. The first kappa shape index (κ1) is 26.2. The number of rotatable bonds is 17. The summed E-state index contributed by atoms with van der Waals surface area (Å²) in [5.74, 6) is 2.11. The van der Waals surface area contributed by atoms with Crippen molar-refractivity contribution >= 4 is 0 Å². The van der Waals surface area contributed by atoms with Gasteiger partial charge in [0, 0.05) is 0 Å². The van der Waals surface area contributed by atoms with Crippen LogP contribution in [0.1, 0.15) is 79.1 Å². The van der Waals surface area contributed by atoms with E-state index in [4.69, 9.17) is 19.2 Å². The number of ether oxygens (including phenoxy) is 2. The lowest BCUT2D eigenvalue weighted by Gasteiger charge is -2.18. The zero-order valence-corrected chi connectivity index (χ0v) is 20.5. The van der Waals surface area contributed by atoms with Gasteiger partial charge in [0.1, 0.15) is 5.75 Å². The van der Waals surface area contributed by atoms with E-state index in [2.05, 4.69) is 32.9 Å². The molecule has 0 spiro atoms. The summed E-state index contributed by atoms with van der Waals surface area (Å²) < 4.78 is 11.6. The third kappa shape index (κ3) is 10.1. The van der Waals surface area contributed by atoms with Crippen molar-refractivity contribution in [3.63, 3.8) is 0 Å². The summed E-state index contributed by atoms with van der Waals surface area (Å²) in [6.45, 7) is 10.1. The maximum atomic E-state index is 5.88. The van der Waals surface area contributed by atoms with Gasteiger partial charge in [0.15, 0.2) is 5.75 Å². The van der Waals surface area contributed by atoms with Crippen LogP contribution in [0.4, 0.5) is 0 Å². The van der Waals surface area contributed by atoms with E-state index in [1.165, 1.54) is 32.1 Å². The molecule has 0 radical (unpaired) electrons. The fraction of sp³-hybridized carbons (Fsp3) is 0.571. The van der Waals surface area contributed by atoms with Gasteiger partial charge in [0.25, 0.3) is 0 Å². The van der Waals surface area contributed by atoms with E-state index in [0.717, 1.165) is 42.7 Å². The van der Waals surface area contributed by atoms with Crippen LogP contribution in [0, 0.1) is 5.92 Å². The van der Waals surface area contributed by atoms with Crippen molar-refractivity contribution in [2.75, 3.05) is 13.2 Å². The summed E-state index contributed by atoms with van der Waals surface area (Å²) >= 11 is 0. The zero-order chi connectivity index (χ0) is 23.0. The highest BCUT2D eigenvalue weighted by molar-refractivity contribution is 5.64. The van der Waals surface area contributed by atoms with Crippen molar-refractivity contribution in [3.05, 3.63) is 48.5 Å². The van der Waals surface area contributed by atoms with Crippen LogP contribution in [0.5, 0.6) is 11.5 Å². The normalized spacial score (nSPS) is 13.0. The molecule has 0 amide bonds. The minimum absolute atomic E-state index is 0.354. The van der Waals surface area contributed by atoms with E-state index >= 15 is 0 Å². The Bertz CT molecular complexity index is 711. The van der Waals surface area contributed by atoms with Crippen molar-refractivity contribution < 1.29 is 19.2 Å². The van der Waals surface area contributed by atoms with E-state index in [0.29, 0.717) is 18.3 Å². The van der Waals surface area contributed by atoms with Crippen molar-refractivity contribution in [2.45, 2.75) is 85.4 Å². The number of benzene rings is 2. The molecule has 0 aromatic heterocycles. The fourth-order valence-electron chi connectivity index (χ4n) is 3.23. The predicted molar refractivity (Wildman–Crippen MR) is 132 cm³/mol. The molecule has 2 unspecified atom stereocenters. The zero-order valence-electron chi connectivity index (χ0n) is 20.5. The van der Waals surface area contributed by atoms with Gasteiger partial charge in [-0.1, -0.05) is 90.5 Å². The van der Waals surface area contributed by atoms with Crippen molar-refractivity contribution in [3.8, 4) is 22.6 Å². The Morgan fingerprint density at radius 2 is 1.28 bits per heavy atom. The molecule has 0 saturated heterocycles. The van der Waals surface area contributed by atoms with Crippen LogP contribution in [0.2, 0.25) is 0 Å². The van der Waals surface area contributed by atoms with Gasteiger partial charge in [0.05, 0.1) is 13.2 Å². The van der Waals surface area contributed by atoms with Gasteiger partial charge in [-0.25, -0.2) is 0 Å². The summed E-state index contributed by atoms with van der Waals surface area (Å²) in [7, 11) is 0. The Hall–Kier alpha value is -2.04. The molecule has 0 N–H and O–H groups in total. The van der Waals surface area contributed by atoms with Crippen LogP contribution in [-0.2, 0) is 9.62 Å². The first-order valence-electron chi connectivity index (χ1n) is 12.4. The Labute approximate surface area is 195 Å². The van der Waals surface area contributed by atoms with Crippen molar-refractivity contribution in [1.29, 1.82) is 0 Å². The lowest BCUT2D eigenvalue weighted by Crippen LogP contribution is -2.21. The fourth-order valence-corrected chi connectivity index (χ4v) is 3.23. The smallest absolute Gasteiger partial charge is 0.202 e. The third-order valence-corrected chi connectivity index (χ3v) is 5.66. The Balaban J connectivity index is 1.75. The predicted octanol–water partition coefficient (Wildman–Crippen LogP) is 8.20. The van der Waals surface area contributed by atoms with E-state index in [1.807, 2.05) is 43.3 Å². The first-order valence-corrected chi connectivity index (χ1v) is 12.4. The highest BCUT2D eigenvalue weighted by Gasteiger charge is 2.11. The van der Waals surface area contributed by atoms with Gasteiger partial charge in [0.2, 0.25) is 6.29 Å². The highest BCUT2D eigenvalue weighted by atomic mass is 17.2. The molecule has 0 heterocycles. The molecule has 0 saturated carbocycles. The molecule has 2 aromatic rings. The van der Waals surface area contributed by atoms with Crippen LogP contribution < -0.4 is 9.62 Å². The highest BCUT2D eigenvalue weighted by Crippen LogP contribution is 2.25. The molecule has 0 bridgehead atoms. The van der Waals surface area contributed by atoms with Crippen LogP contribution in [0.15, 0.2) is 48.5 Å². The molecular weight excluding hydrogens is 400 g/mol. The molecule has 32 heavy (non-hydrogen) atoms. The molecule has 2 rings (SSSR count). The summed E-state index contributed by atoms with van der Waals surface area (Å²) in [5.41, 5.74) is 2.27.